The number of aryl methyl sites for hydroxylation is 1. The van der Waals surface area contributed by atoms with E-state index in [0.717, 1.165) is 6.54 Å². The number of likely N-dealkylation sites (tertiary alicyclic amines) is 1. The minimum absolute atomic E-state index is 0.632. The Morgan fingerprint density at radius 3 is 2.72 bits per heavy atom. The fourth-order valence-corrected chi connectivity index (χ4v) is 2.68. The quantitative estimate of drug-likeness (QED) is 0.877. The van der Waals surface area contributed by atoms with E-state index >= 15 is 0 Å². The first-order valence-corrected chi connectivity index (χ1v) is 6.77. The molecule has 0 aromatic heterocycles. The maximum absolute atomic E-state index is 5.67. The highest BCUT2D eigenvalue weighted by atomic mass is 15.2. The van der Waals surface area contributed by atoms with E-state index in [1.165, 1.54) is 36.2 Å². The molecule has 1 aliphatic rings. The highest BCUT2D eigenvalue weighted by molar-refractivity contribution is 5.31. The zero-order valence-corrected chi connectivity index (χ0v) is 11.8. The third-order valence-electron chi connectivity index (χ3n) is 4.01. The van der Waals surface area contributed by atoms with E-state index in [2.05, 4.69) is 49.0 Å². The summed E-state index contributed by atoms with van der Waals surface area (Å²) in [7, 11) is 4.35. The second kappa shape index (κ2) is 5.83. The Labute approximate surface area is 111 Å². The summed E-state index contributed by atoms with van der Waals surface area (Å²) in [6, 6.07) is 7.32. The van der Waals surface area contributed by atoms with Crippen molar-refractivity contribution in [3.63, 3.8) is 0 Å². The van der Waals surface area contributed by atoms with Gasteiger partial charge in [-0.2, -0.15) is 0 Å². The maximum Gasteiger partial charge on any atom is 0.0237 e. The van der Waals surface area contributed by atoms with Crippen LogP contribution in [0.4, 0.5) is 0 Å². The van der Waals surface area contributed by atoms with Crippen LogP contribution in [0, 0.1) is 6.92 Å². The number of benzene rings is 1. The minimum atomic E-state index is 0.632. The standard InChI is InChI=1S/C15H25N3/c1-12-8-13(9-16)4-5-14(12)10-18-7-6-15(11-18)17(2)3/h4-5,8,15H,6-7,9-11,16H2,1-3H3. The summed E-state index contributed by atoms with van der Waals surface area (Å²) in [5.41, 5.74) is 9.70. The molecule has 1 heterocycles. The summed E-state index contributed by atoms with van der Waals surface area (Å²) in [5, 5.41) is 0. The van der Waals surface area contributed by atoms with Crippen molar-refractivity contribution in [2.24, 2.45) is 5.73 Å². The highest BCUT2D eigenvalue weighted by Crippen LogP contribution is 2.19. The van der Waals surface area contributed by atoms with Crippen LogP contribution < -0.4 is 5.73 Å². The van der Waals surface area contributed by atoms with Crippen LogP contribution in [0.15, 0.2) is 18.2 Å². The van der Waals surface area contributed by atoms with Crippen LogP contribution in [0.1, 0.15) is 23.1 Å². The first-order valence-electron chi connectivity index (χ1n) is 6.77. The van der Waals surface area contributed by atoms with E-state index in [1.54, 1.807) is 0 Å². The van der Waals surface area contributed by atoms with E-state index in [1.807, 2.05) is 0 Å². The average Bonchev–Trinajstić information content (AvgIpc) is 2.80. The van der Waals surface area contributed by atoms with E-state index in [9.17, 15) is 0 Å². The summed E-state index contributed by atoms with van der Waals surface area (Å²) < 4.78 is 0. The van der Waals surface area contributed by atoms with Gasteiger partial charge < -0.3 is 10.6 Å². The van der Waals surface area contributed by atoms with Gasteiger partial charge in [0.15, 0.2) is 0 Å². The van der Waals surface area contributed by atoms with Gasteiger partial charge in [-0.05, 0) is 44.1 Å². The SMILES string of the molecule is Cc1cc(CN)ccc1CN1CCC(N(C)C)C1. The van der Waals surface area contributed by atoms with Crippen LogP contribution in [0.3, 0.4) is 0 Å². The van der Waals surface area contributed by atoms with Crippen LogP contribution in [-0.4, -0.2) is 43.0 Å². The number of likely N-dealkylation sites (N-methyl/N-ethyl adjacent to an activating group) is 1. The Hall–Kier alpha value is -0.900. The Morgan fingerprint density at radius 1 is 1.39 bits per heavy atom. The Kier molecular flexibility index (Phi) is 4.38. The van der Waals surface area contributed by atoms with Gasteiger partial charge in [0.1, 0.15) is 0 Å². The zero-order chi connectivity index (χ0) is 13.1. The van der Waals surface area contributed by atoms with Crippen molar-refractivity contribution in [1.82, 2.24) is 9.80 Å². The first kappa shape index (κ1) is 13.5. The van der Waals surface area contributed by atoms with E-state index < -0.39 is 0 Å². The van der Waals surface area contributed by atoms with Crippen molar-refractivity contribution < 1.29 is 0 Å². The molecule has 1 aromatic carbocycles. The molecular formula is C15H25N3. The van der Waals surface area contributed by atoms with Crippen molar-refractivity contribution >= 4 is 0 Å². The van der Waals surface area contributed by atoms with Crippen LogP contribution in [0.25, 0.3) is 0 Å². The summed E-state index contributed by atoms with van der Waals surface area (Å²) in [6.45, 7) is 6.29. The fraction of sp³-hybridized carbons (Fsp3) is 0.600. The Morgan fingerprint density at radius 2 is 2.17 bits per heavy atom. The molecule has 0 radical (unpaired) electrons. The number of hydrogen-bond donors (Lipinski definition) is 1. The van der Waals surface area contributed by atoms with E-state index in [0.29, 0.717) is 12.6 Å². The van der Waals surface area contributed by atoms with Gasteiger partial charge in [-0.3, -0.25) is 4.90 Å². The lowest BCUT2D eigenvalue weighted by Gasteiger charge is -2.21. The third-order valence-corrected chi connectivity index (χ3v) is 4.01. The van der Waals surface area contributed by atoms with E-state index in [4.69, 9.17) is 5.73 Å². The lowest BCUT2D eigenvalue weighted by atomic mass is 10.0. The molecule has 0 bridgehead atoms. The molecule has 1 aromatic rings. The molecule has 0 spiro atoms. The van der Waals surface area contributed by atoms with Gasteiger partial charge >= 0.3 is 0 Å². The van der Waals surface area contributed by atoms with Gasteiger partial charge in [0, 0.05) is 32.2 Å². The molecule has 1 unspecified atom stereocenters. The van der Waals surface area contributed by atoms with Gasteiger partial charge in [0.05, 0.1) is 0 Å². The summed E-state index contributed by atoms with van der Waals surface area (Å²) in [6.07, 6.45) is 1.28. The molecule has 2 N–H and O–H groups in total. The molecule has 3 heteroatoms. The first-order chi connectivity index (χ1) is 8.60. The van der Waals surface area contributed by atoms with Crippen LogP contribution in [0.5, 0.6) is 0 Å². The normalized spacial score (nSPS) is 20.8. The Balaban J connectivity index is 1.98. The predicted octanol–water partition coefficient (Wildman–Crippen LogP) is 1.59. The third kappa shape index (κ3) is 3.10. The summed E-state index contributed by atoms with van der Waals surface area (Å²) in [4.78, 5) is 4.89. The molecule has 100 valence electrons. The molecule has 2 rings (SSSR count). The van der Waals surface area contributed by atoms with Crippen LogP contribution in [0.2, 0.25) is 0 Å². The second-order valence-electron chi connectivity index (χ2n) is 5.61. The van der Waals surface area contributed by atoms with Gasteiger partial charge in [-0.25, -0.2) is 0 Å². The van der Waals surface area contributed by atoms with Crippen molar-refractivity contribution in [2.45, 2.75) is 32.5 Å². The molecule has 0 amide bonds. The molecule has 0 saturated carbocycles. The molecule has 1 aliphatic heterocycles. The van der Waals surface area contributed by atoms with Crippen molar-refractivity contribution in [3.8, 4) is 0 Å². The number of nitrogens with zero attached hydrogens (tertiary/aromatic N) is 2. The fourth-order valence-electron chi connectivity index (χ4n) is 2.68. The van der Waals surface area contributed by atoms with Gasteiger partial charge in [0.2, 0.25) is 0 Å². The average molecular weight is 247 g/mol. The van der Waals surface area contributed by atoms with Crippen molar-refractivity contribution in [3.05, 3.63) is 34.9 Å². The maximum atomic E-state index is 5.67. The van der Waals surface area contributed by atoms with Gasteiger partial charge in [0.25, 0.3) is 0 Å². The molecule has 1 fully saturated rings. The molecule has 18 heavy (non-hydrogen) atoms. The molecule has 1 saturated heterocycles. The largest absolute Gasteiger partial charge is 0.326 e. The lowest BCUT2D eigenvalue weighted by molar-refractivity contribution is 0.264. The Bertz CT molecular complexity index is 401. The van der Waals surface area contributed by atoms with E-state index in [-0.39, 0.29) is 0 Å². The zero-order valence-electron chi connectivity index (χ0n) is 11.8. The molecule has 3 nitrogen and oxygen atoms in total. The number of rotatable bonds is 4. The van der Waals surface area contributed by atoms with Crippen LogP contribution >= 0.6 is 0 Å². The molecular weight excluding hydrogens is 222 g/mol. The van der Waals surface area contributed by atoms with Gasteiger partial charge in [-0.1, -0.05) is 18.2 Å². The minimum Gasteiger partial charge on any atom is -0.326 e. The second-order valence-corrected chi connectivity index (χ2v) is 5.61. The monoisotopic (exact) mass is 247 g/mol. The highest BCUT2D eigenvalue weighted by Gasteiger charge is 2.23. The molecule has 0 aliphatic carbocycles. The number of hydrogen-bond acceptors (Lipinski definition) is 3. The van der Waals surface area contributed by atoms with Crippen molar-refractivity contribution in [1.29, 1.82) is 0 Å². The summed E-state index contributed by atoms with van der Waals surface area (Å²) >= 11 is 0. The summed E-state index contributed by atoms with van der Waals surface area (Å²) in [5.74, 6) is 0. The number of nitrogens with two attached hydrogens (primary N) is 1. The van der Waals surface area contributed by atoms with Crippen LogP contribution in [-0.2, 0) is 13.1 Å². The lowest BCUT2D eigenvalue weighted by Crippen LogP contribution is -2.31. The smallest absolute Gasteiger partial charge is 0.0237 e. The van der Waals surface area contributed by atoms with Gasteiger partial charge in [-0.15, -0.1) is 0 Å². The molecule has 1 atom stereocenters. The predicted molar refractivity (Wildman–Crippen MR) is 76.4 cm³/mol. The topological polar surface area (TPSA) is 32.5 Å². The van der Waals surface area contributed by atoms with Crippen molar-refractivity contribution in [2.75, 3.05) is 27.2 Å².